The van der Waals surface area contributed by atoms with Crippen LogP contribution in [0.1, 0.15) is 29.5 Å². The van der Waals surface area contributed by atoms with E-state index in [0.717, 1.165) is 32.4 Å². The summed E-state index contributed by atoms with van der Waals surface area (Å²) in [6.07, 6.45) is 6.22. The van der Waals surface area contributed by atoms with Crippen molar-refractivity contribution in [2.45, 2.75) is 38.3 Å². The van der Waals surface area contributed by atoms with E-state index in [0.29, 0.717) is 6.54 Å². The molecular formula is C16H23ClN4OS. The Morgan fingerprint density at radius 2 is 2.13 bits per heavy atom. The molecule has 3 heterocycles. The highest BCUT2D eigenvalue weighted by molar-refractivity contribution is 7.11. The van der Waals surface area contributed by atoms with Gasteiger partial charge in [0, 0.05) is 22.1 Å². The van der Waals surface area contributed by atoms with Crippen molar-refractivity contribution in [3.63, 3.8) is 0 Å². The third-order valence-corrected chi connectivity index (χ3v) is 5.51. The number of carbonyl (C=O) groups is 1. The molecule has 1 amide bonds. The Kier molecular flexibility index (Phi) is 6.21. The standard InChI is InChI=1S/C16H22N4OS.ClH/c1-2-13-4-5-14(22-13)12-18-15(21)16(6-9-17-10-7-16)20-11-3-8-19-20;/h3-5,8,11,17H,2,6-7,9-10,12H2,1H3,(H,18,21);1H. The maximum Gasteiger partial charge on any atom is 0.248 e. The van der Waals surface area contributed by atoms with E-state index in [1.165, 1.54) is 9.75 Å². The van der Waals surface area contributed by atoms with E-state index < -0.39 is 5.54 Å². The van der Waals surface area contributed by atoms with Crippen LogP contribution in [0.3, 0.4) is 0 Å². The van der Waals surface area contributed by atoms with Crippen LogP contribution in [0.5, 0.6) is 0 Å². The van der Waals surface area contributed by atoms with Crippen molar-refractivity contribution < 1.29 is 4.79 Å². The van der Waals surface area contributed by atoms with Crippen LogP contribution in [0.4, 0.5) is 0 Å². The number of carbonyl (C=O) groups excluding carboxylic acids is 1. The van der Waals surface area contributed by atoms with Gasteiger partial charge in [-0.1, -0.05) is 6.92 Å². The van der Waals surface area contributed by atoms with Crippen molar-refractivity contribution in [3.05, 3.63) is 40.3 Å². The Morgan fingerprint density at radius 3 is 2.74 bits per heavy atom. The Labute approximate surface area is 146 Å². The molecule has 0 radical (unpaired) electrons. The van der Waals surface area contributed by atoms with Crippen LogP contribution in [-0.4, -0.2) is 28.8 Å². The van der Waals surface area contributed by atoms with Crippen LogP contribution in [-0.2, 0) is 23.3 Å². The molecule has 0 unspecified atom stereocenters. The molecule has 1 fully saturated rings. The second-order valence-electron chi connectivity index (χ2n) is 5.64. The lowest BCUT2D eigenvalue weighted by Gasteiger charge is -2.36. The zero-order valence-electron chi connectivity index (χ0n) is 13.2. The van der Waals surface area contributed by atoms with E-state index in [1.807, 2.05) is 16.9 Å². The van der Waals surface area contributed by atoms with Crippen LogP contribution in [0, 0.1) is 0 Å². The average Bonchev–Trinajstić information content (AvgIpc) is 3.24. The SMILES string of the molecule is CCc1ccc(CNC(=O)C2(n3cccn3)CCNCC2)s1.Cl. The molecule has 2 N–H and O–H groups in total. The van der Waals surface area contributed by atoms with Crippen molar-refractivity contribution in [1.82, 2.24) is 20.4 Å². The first-order valence-corrected chi connectivity index (χ1v) is 8.63. The van der Waals surface area contributed by atoms with Crippen LogP contribution >= 0.6 is 23.7 Å². The Morgan fingerprint density at radius 1 is 1.39 bits per heavy atom. The van der Waals surface area contributed by atoms with Crippen molar-refractivity contribution in [1.29, 1.82) is 0 Å². The number of nitrogens with one attached hydrogen (secondary N) is 2. The predicted octanol–water partition coefficient (Wildman–Crippen LogP) is 2.32. The smallest absolute Gasteiger partial charge is 0.248 e. The number of nitrogens with zero attached hydrogens (tertiary/aromatic N) is 2. The fraction of sp³-hybridized carbons (Fsp3) is 0.500. The first-order chi connectivity index (χ1) is 10.7. The number of hydrogen-bond donors (Lipinski definition) is 2. The molecule has 7 heteroatoms. The van der Waals surface area contributed by atoms with E-state index >= 15 is 0 Å². The quantitative estimate of drug-likeness (QED) is 0.866. The molecule has 0 saturated carbocycles. The highest BCUT2D eigenvalue weighted by Gasteiger charge is 2.41. The minimum absolute atomic E-state index is 0. The molecule has 0 aliphatic carbocycles. The molecule has 0 spiro atoms. The lowest BCUT2D eigenvalue weighted by atomic mass is 9.87. The monoisotopic (exact) mass is 354 g/mol. The molecule has 0 bridgehead atoms. The number of rotatable bonds is 5. The Bertz CT molecular complexity index is 620. The lowest BCUT2D eigenvalue weighted by molar-refractivity contribution is -0.132. The number of thiophene rings is 1. The molecular weight excluding hydrogens is 332 g/mol. The summed E-state index contributed by atoms with van der Waals surface area (Å²) in [5.41, 5.74) is -0.556. The van der Waals surface area contributed by atoms with Gasteiger partial charge < -0.3 is 10.6 Å². The second-order valence-corrected chi connectivity index (χ2v) is 6.89. The number of aryl methyl sites for hydroxylation is 1. The van der Waals surface area contributed by atoms with E-state index in [1.54, 1.807) is 17.5 Å². The second kappa shape index (κ2) is 7.95. The molecule has 2 aromatic heterocycles. The van der Waals surface area contributed by atoms with Crippen LogP contribution < -0.4 is 10.6 Å². The maximum absolute atomic E-state index is 12.9. The molecule has 23 heavy (non-hydrogen) atoms. The Hall–Kier alpha value is -1.37. The van der Waals surface area contributed by atoms with Gasteiger partial charge in [-0.3, -0.25) is 9.48 Å². The summed E-state index contributed by atoms with van der Waals surface area (Å²) >= 11 is 1.77. The molecule has 1 aliphatic heterocycles. The van der Waals surface area contributed by atoms with Gasteiger partial charge in [-0.25, -0.2) is 0 Å². The van der Waals surface area contributed by atoms with Gasteiger partial charge in [-0.05, 0) is 50.6 Å². The predicted molar refractivity (Wildman–Crippen MR) is 95.1 cm³/mol. The number of piperidine rings is 1. The highest BCUT2D eigenvalue weighted by Crippen LogP contribution is 2.27. The fourth-order valence-corrected chi connectivity index (χ4v) is 3.86. The van der Waals surface area contributed by atoms with Gasteiger partial charge in [0.1, 0.15) is 5.54 Å². The van der Waals surface area contributed by atoms with Crippen molar-refractivity contribution in [2.24, 2.45) is 0 Å². The summed E-state index contributed by atoms with van der Waals surface area (Å²) in [5, 5.41) is 10.8. The third-order valence-electron chi connectivity index (χ3n) is 4.29. The summed E-state index contributed by atoms with van der Waals surface area (Å²) in [4.78, 5) is 15.4. The van der Waals surface area contributed by atoms with Crippen LogP contribution in [0.15, 0.2) is 30.6 Å². The molecule has 2 aromatic rings. The van der Waals surface area contributed by atoms with Gasteiger partial charge in [-0.15, -0.1) is 23.7 Å². The minimum Gasteiger partial charge on any atom is -0.349 e. The van der Waals surface area contributed by atoms with Gasteiger partial charge >= 0.3 is 0 Å². The molecule has 3 rings (SSSR count). The molecule has 126 valence electrons. The average molecular weight is 355 g/mol. The van der Waals surface area contributed by atoms with Crippen molar-refractivity contribution in [2.75, 3.05) is 13.1 Å². The minimum atomic E-state index is -0.556. The number of aromatic nitrogens is 2. The molecule has 1 saturated heterocycles. The largest absolute Gasteiger partial charge is 0.349 e. The molecule has 0 atom stereocenters. The number of amides is 1. The zero-order chi connectivity index (χ0) is 15.4. The van der Waals surface area contributed by atoms with Crippen molar-refractivity contribution in [3.8, 4) is 0 Å². The fourth-order valence-electron chi connectivity index (χ4n) is 2.96. The van der Waals surface area contributed by atoms with E-state index in [4.69, 9.17) is 0 Å². The van der Waals surface area contributed by atoms with Gasteiger partial charge in [0.25, 0.3) is 0 Å². The number of halogens is 1. The van der Waals surface area contributed by atoms with E-state index in [9.17, 15) is 4.79 Å². The first kappa shape index (κ1) is 18.0. The van der Waals surface area contributed by atoms with Gasteiger partial charge in [0.15, 0.2) is 0 Å². The topological polar surface area (TPSA) is 59.0 Å². The van der Waals surface area contributed by atoms with E-state index in [-0.39, 0.29) is 18.3 Å². The summed E-state index contributed by atoms with van der Waals surface area (Å²) < 4.78 is 1.83. The third kappa shape index (κ3) is 3.76. The maximum atomic E-state index is 12.9. The number of hydrogen-bond acceptors (Lipinski definition) is 4. The summed E-state index contributed by atoms with van der Waals surface area (Å²) in [7, 11) is 0. The van der Waals surface area contributed by atoms with Gasteiger partial charge in [0.2, 0.25) is 5.91 Å². The highest BCUT2D eigenvalue weighted by atomic mass is 35.5. The molecule has 5 nitrogen and oxygen atoms in total. The summed E-state index contributed by atoms with van der Waals surface area (Å²) in [5.74, 6) is 0.0733. The van der Waals surface area contributed by atoms with Gasteiger partial charge in [-0.2, -0.15) is 5.10 Å². The van der Waals surface area contributed by atoms with Gasteiger partial charge in [0.05, 0.1) is 6.54 Å². The van der Waals surface area contributed by atoms with Crippen molar-refractivity contribution >= 4 is 29.7 Å². The first-order valence-electron chi connectivity index (χ1n) is 7.81. The van der Waals surface area contributed by atoms with Crippen LogP contribution in [0.2, 0.25) is 0 Å². The molecule has 0 aromatic carbocycles. The molecule has 1 aliphatic rings. The van der Waals surface area contributed by atoms with Crippen LogP contribution in [0.25, 0.3) is 0 Å². The Balaban J connectivity index is 0.00000192. The zero-order valence-corrected chi connectivity index (χ0v) is 14.9. The summed E-state index contributed by atoms with van der Waals surface area (Å²) in [6, 6.07) is 6.12. The normalized spacial score (nSPS) is 16.6. The summed E-state index contributed by atoms with van der Waals surface area (Å²) in [6.45, 7) is 4.43. The lowest BCUT2D eigenvalue weighted by Crippen LogP contribution is -2.54. The van der Waals surface area contributed by atoms with E-state index in [2.05, 4.69) is 34.8 Å².